The molecule has 0 saturated heterocycles. The number of nitrogens with one attached hydrogen (secondary N) is 2. The molecule has 1 aromatic heterocycles. The lowest BCUT2D eigenvalue weighted by Crippen LogP contribution is -2.47. The molecule has 180 valence electrons. The third-order valence-corrected chi connectivity index (χ3v) is 4.96. The lowest BCUT2D eigenvalue weighted by Gasteiger charge is -2.27. The van der Waals surface area contributed by atoms with Gasteiger partial charge < -0.3 is 29.3 Å². The second kappa shape index (κ2) is 10.7. The first-order chi connectivity index (χ1) is 16.2. The Morgan fingerprint density at radius 2 is 1.79 bits per heavy atom. The van der Waals surface area contributed by atoms with Gasteiger partial charge in [0.05, 0.1) is 17.9 Å². The summed E-state index contributed by atoms with van der Waals surface area (Å²) in [5.41, 5.74) is 0.661. The highest BCUT2D eigenvalue weighted by atomic mass is 16.6. The monoisotopic (exact) mass is 470 g/mol. The summed E-state index contributed by atoms with van der Waals surface area (Å²) in [5.74, 6) is -0.174. The van der Waals surface area contributed by atoms with Crippen LogP contribution in [-0.4, -0.2) is 43.1 Å². The zero-order valence-electron chi connectivity index (χ0n) is 19.3. The Labute approximate surface area is 196 Å². The molecule has 0 fully saturated rings. The van der Waals surface area contributed by atoms with Crippen molar-refractivity contribution in [3.63, 3.8) is 0 Å². The van der Waals surface area contributed by atoms with Crippen molar-refractivity contribution in [3.8, 4) is 5.75 Å². The van der Waals surface area contributed by atoms with E-state index in [4.69, 9.17) is 18.6 Å². The van der Waals surface area contributed by atoms with Crippen molar-refractivity contribution in [1.29, 1.82) is 0 Å². The minimum atomic E-state index is -0.990. The van der Waals surface area contributed by atoms with Crippen molar-refractivity contribution in [1.82, 2.24) is 10.6 Å². The first-order valence-electron chi connectivity index (χ1n) is 10.7. The third kappa shape index (κ3) is 5.83. The molecule has 2 aromatic rings. The van der Waals surface area contributed by atoms with E-state index in [0.29, 0.717) is 22.8 Å². The standard InChI is InChI=1S/C24H26N2O8/c1-5-31-23(29)20-18(25-24(30)26-21(20)19-11-6-13(2)33-19)12-32-22(28)15(4)34-17-9-7-16(8-10-17)14(3)27/h6-11,15,21H,5,12H2,1-4H3,(H2,25,26,30). The highest BCUT2D eigenvalue weighted by Gasteiger charge is 2.36. The van der Waals surface area contributed by atoms with Crippen LogP contribution < -0.4 is 15.4 Å². The van der Waals surface area contributed by atoms with Gasteiger partial charge in [-0.25, -0.2) is 14.4 Å². The summed E-state index contributed by atoms with van der Waals surface area (Å²) in [7, 11) is 0. The second-order valence-corrected chi connectivity index (χ2v) is 7.54. The van der Waals surface area contributed by atoms with Crippen molar-refractivity contribution >= 4 is 23.8 Å². The highest BCUT2D eigenvalue weighted by molar-refractivity contribution is 5.95. The summed E-state index contributed by atoms with van der Waals surface area (Å²) >= 11 is 0. The third-order valence-electron chi connectivity index (χ3n) is 4.96. The fourth-order valence-electron chi connectivity index (χ4n) is 3.28. The van der Waals surface area contributed by atoms with Crippen molar-refractivity contribution in [2.24, 2.45) is 0 Å². The van der Waals surface area contributed by atoms with Gasteiger partial charge in [0.1, 0.15) is 29.9 Å². The fraction of sp³-hybridized carbons (Fsp3) is 0.333. The molecule has 1 aromatic carbocycles. The lowest BCUT2D eigenvalue weighted by molar-refractivity contribution is -0.150. The number of Topliss-reactive ketones (excluding diaryl/α,β-unsaturated/α-hetero) is 1. The molecule has 0 saturated carbocycles. The Morgan fingerprint density at radius 1 is 1.09 bits per heavy atom. The van der Waals surface area contributed by atoms with Crippen LogP contribution in [0.5, 0.6) is 5.75 Å². The van der Waals surface area contributed by atoms with Crippen molar-refractivity contribution in [2.75, 3.05) is 13.2 Å². The molecule has 2 heterocycles. The second-order valence-electron chi connectivity index (χ2n) is 7.54. The number of esters is 2. The maximum absolute atomic E-state index is 12.7. The normalized spacial score (nSPS) is 16.2. The van der Waals surface area contributed by atoms with Gasteiger partial charge in [0.2, 0.25) is 0 Å². The van der Waals surface area contributed by atoms with Gasteiger partial charge in [-0.05, 0) is 64.1 Å². The van der Waals surface area contributed by atoms with E-state index < -0.39 is 36.7 Å². The number of aryl methyl sites for hydroxylation is 1. The van der Waals surface area contributed by atoms with Crippen LogP contribution in [0.1, 0.15) is 48.7 Å². The fourth-order valence-corrected chi connectivity index (χ4v) is 3.28. The molecular weight excluding hydrogens is 444 g/mol. The van der Waals surface area contributed by atoms with E-state index in [1.807, 2.05) is 0 Å². The number of carbonyl (C=O) groups excluding carboxylic acids is 4. The predicted molar refractivity (Wildman–Crippen MR) is 119 cm³/mol. The number of rotatable bonds is 9. The first-order valence-corrected chi connectivity index (χ1v) is 10.7. The molecule has 2 unspecified atom stereocenters. The Bertz CT molecular complexity index is 1120. The Morgan fingerprint density at radius 3 is 2.38 bits per heavy atom. The number of hydrogen-bond acceptors (Lipinski definition) is 8. The SMILES string of the molecule is CCOC(=O)C1=C(COC(=O)C(C)Oc2ccc(C(C)=O)cc2)NC(=O)NC1c1ccc(C)o1. The van der Waals surface area contributed by atoms with Crippen molar-refractivity contribution < 1.29 is 37.8 Å². The van der Waals surface area contributed by atoms with Gasteiger partial charge in [-0.3, -0.25) is 4.79 Å². The molecule has 10 nitrogen and oxygen atoms in total. The van der Waals surface area contributed by atoms with Crippen LogP contribution in [0.2, 0.25) is 0 Å². The van der Waals surface area contributed by atoms with E-state index in [-0.39, 0.29) is 23.7 Å². The van der Waals surface area contributed by atoms with Crippen LogP contribution in [0, 0.1) is 6.92 Å². The molecule has 0 radical (unpaired) electrons. The number of amides is 2. The molecule has 1 aliphatic rings. The summed E-state index contributed by atoms with van der Waals surface area (Å²) in [6, 6.07) is 8.17. The van der Waals surface area contributed by atoms with E-state index in [0.717, 1.165) is 0 Å². The average molecular weight is 470 g/mol. The first kappa shape index (κ1) is 24.6. The molecule has 2 atom stereocenters. The van der Waals surface area contributed by atoms with Gasteiger partial charge in [-0.1, -0.05) is 0 Å². The largest absolute Gasteiger partial charge is 0.479 e. The quantitative estimate of drug-likeness (QED) is 0.422. The molecule has 34 heavy (non-hydrogen) atoms. The number of urea groups is 1. The lowest BCUT2D eigenvalue weighted by atomic mass is 10.0. The van der Waals surface area contributed by atoms with E-state index in [1.54, 1.807) is 50.2 Å². The summed E-state index contributed by atoms with van der Waals surface area (Å²) in [5, 5.41) is 5.14. The van der Waals surface area contributed by atoms with Gasteiger partial charge in [0.25, 0.3) is 0 Å². The topological polar surface area (TPSA) is 133 Å². The van der Waals surface area contributed by atoms with Gasteiger partial charge in [0, 0.05) is 5.56 Å². The minimum Gasteiger partial charge on any atom is -0.479 e. The zero-order chi connectivity index (χ0) is 24.8. The predicted octanol–water partition coefficient (Wildman–Crippen LogP) is 2.97. The van der Waals surface area contributed by atoms with Crippen molar-refractivity contribution in [2.45, 2.75) is 39.8 Å². The van der Waals surface area contributed by atoms with Crippen LogP contribution >= 0.6 is 0 Å². The minimum absolute atomic E-state index is 0.0667. The smallest absolute Gasteiger partial charge is 0.347 e. The molecule has 3 rings (SSSR count). The number of hydrogen-bond donors (Lipinski definition) is 2. The zero-order valence-corrected chi connectivity index (χ0v) is 19.3. The van der Waals surface area contributed by atoms with Crippen LogP contribution in [0.25, 0.3) is 0 Å². The molecule has 0 bridgehead atoms. The summed E-state index contributed by atoms with van der Waals surface area (Å²) < 4.78 is 21.6. The molecule has 0 spiro atoms. The molecule has 0 aliphatic carbocycles. The maximum Gasteiger partial charge on any atom is 0.347 e. The number of ketones is 1. The van der Waals surface area contributed by atoms with Gasteiger partial charge >= 0.3 is 18.0 Å². The van der Waals surface area contributed by atoms with Crippen LogP contribution in [0.4, 0.5) is 4.79 Å². The number of benzene rings is 1. The Balaban J connectivity index is 1.75. The molecule has 10 heteroatoms. The Kier molecular flexibility index (Phi) is 7.72. The van der Waals surface area contributed by atoms with Crippen LogP contribution in [0.3, 0.4) is 0 Å². The average Bonchev–Trinajstić information content (AvgIpc) is 3.23. The van der Waals surface area contributed by atoms with Crippen LogP contribution in [0.15, 0.2) is 52.1 Å². The molecule has 2 N–H and O–H groups in total. The number of furan rings is 1. The van der Waals surface area contributed by atoms with E-state index in [2.05, 4.69) is 10.6 Å². The van der Waals surface area contributed by atoms with E-state index in [1.165, 1.54) is 13.8 Å². The molecular formula is C24H26N2O8. The van der Waals surface area contributed by atoms with Crippen molar-refractivity contribution in [3.05, 3.63) is 64.8 Å². The van der Waals surface area contributed by atoms with Crippen LogP contribution in [-0.2, 0) is 19.1 Å². The van der Waals surface area contributed by atoms with Gasteiger partial charge in [-0.2, -0.15) is 0 Å². The van der Waals surface area contributed by atoms with Gasteiger partial charge in [0.15, 0.2) is 11.9 Å². The highest BCUT2D eigenvalue weighted by Crippen LogP contribution is 2.29. The molecule has 2 amide bonds. The number of ether oxygens (including phenoxy) is 3. The van der Waals surface area contributed by atoms with E-state index >= 15 is 0 Å². The Hall–Kier alpha value is -4.08. The number of carbonyl (C=O) groups is 4. The summed E-state index contributed by atoms with van der Waals surface area (Å²) in [4.78, 5) is 48.8. The van der Waals surface area contributed by atoms with Gasteiger partial charge in [-0.15, -0.1) is 0 Å². The summed E-state index contributed by atoms with van der Waals surface area (Å²) in [6.45, 7) is 6.05. The maximum atomic E-state index is 12.7. The summed E-state index contributed by atoms with van der Waals surface area (Å²) in [6.07, 6.45) is -0.990. The van der Waals surface area contributed by atoms with E-state index in [9.17, 15) is 19.2 Å². The molecule has 1 aliphatic heterocycles.